The lowest BCUT2D eigenvalue weighted by atomic mass is 9.62. The van der Waals surface area contributed by atoms with Crippen molar-refractivity contribution < 1.29 is 9.47 Å². The summed E-state index contributed by atoms with van der Waals surface area (Å²) in [5.74, 6) is 3.87. The van der Waals surface area contributed by atoms with E-state index in [9.17, 15) is 0 Å². The average Bonchev–Trinajstić information content (AvgIpc) is 3.80. The SMILES string of the molecule is CC(C)(C1=N[C@H](c2ccccc2)C(C2CCCCC2)(C2CCCCC2)O1)C1=N[C@H](c2ccccc2)C(C2CCCCC2)(C2CCCCC2)O1. The fraction of sp³-hybridized carbons (Fsp3) is 0.689. The zero-order valence-electron chi connectivity index (χ0n) is 30.6. The molecule has 2 aliphatic heterocycles. The molecule has 0 amide bonds. The number of rotatable bonds is 8. The van der Waals surface area contributed by atoms with Crippen LogP contribution in [0.5, 0.6) is 0 Å². The van der Waals surface area contributed by atoms with Crippen molar-refractivity contribution in [1.29, 1.82) is 0 Å². The Labute approximate surface area is 297 Å². The van der Waals surface area contributed by atoms with Gasteiger partial charge in [0.1, 0.15) is 28.7 Å². The predicted molar refractivity (Wildman–Crippen MR) is 201 cm³/mol. The Morgan fingerprint density at radius 2 is 0.735 bits per heavy atom. The van der Waals surface area contributed by atoms with Crippen LogP contribution in [0.3, 0.4) is 0 Å². The summed E-state index contributed by atoms with van der Waals surface area (Å²) in [5.41, 5.74) is 1.49. The molecule has 4 aliphatic carbocycles. The normalized spacial score (nSPS) is 28.8. The number of ether oxygens (including phenoxy) is 2. The first-order valence-corrected chi connectivity index (χ1v) is 20.7. The first kappa shape index (κ1) is 33.5. The standard InChI is InChI=1S/C45H62N2O2/c1-43(2,41-46-39(33-21-9-3-10-22-33)44(48-41,35-25-13-5-14-26-35)36-27-15-6-16-28-36)42-47-40(34-23-11-4-12-24-34)45(49-42,37-29-17-7-18-30-37)38-31-19-8-20-32-38/h3-4,9-12,21-24,35-40H,5-8,13-20,25-32H2,1-2H3/t39-,40-/m1/s1. The molecule has 0 bridgehead atoms. The van der Waals surface area contributed by atoms with Gasteiger partial charge in [0.05, 0.1) is 0 Å². The summed E-state index contributed by atoms with van der Waals surface area (Å²) in [6, 6.07) is 22.4. The highest BCUT2D eigenvalue weighted by molar-refractivity contribution is 6.06. The lowest BCUT2D eigenvalue weighted by molar-refractivity contribution is -0.0911. The predicted octanol–water partition coefficient (Wildman–Crippen LogP) is 12.2. The second-order valence-corrected chi connectivity index (χ2v) is 17.4. The van der Waals surface area contributed by atoms with E-state index in [1.165, 1.54) is 140 Å². The van der Waals surface area contributed by atoms with E-state index < -0.39 is 5.41 Å². The first-order valence-electron chi connectivity index (χ1n) is 20.7. The largest absolute Gasteiger partial charge is 0.470 e. The summed E-state index contributed by atoms with van der Waals surface area (Å²) in [7, 11) is 0. The number of aliphatic imine (C=N–C) groups is 2. The maximum absolute atomic E-state index is 7.76. The van der Waals surface area contributed by atoms with Gasteiger partial charge in [-0.05, 0) is 76.3 Å². The van der Waals surface area contributed by atoms with Gasteiger partial charge in [-0.1, -0.05) is 138 Å². The summed E-state index contributed by atoms with van der Waals surface area (Å²) < 4.78 is 15.5. The molecule has 8 rings (SSSR count). The minimum absolute atomic E-state index is 0.0162. The summed E-state index contributed by atoms with van der Waals surface area (Å²) >= 11 is 0. The molecule has 2 heterocycles. The Balaban J connectivity index is 1.23. The third-order valence-electron chi connectivity index (χ3n) is 14.2. The molecule has 6 aliphatic rings. The van der Waals surface area contributed by atoms with E-state index in [4.69, 9.17) is 19.5 Å². The smallest absolute Gasteiger partial charge is 0.200 e. The zero-order chi connectivity index (χ0) is 33.3. The lowest BCUT2D eigenvalue weighted by Crippen LogP contribution is -2.53. The Bertz CT molecular complexity index is 1290. The number of hydrogen-bond donors (Lipinski definition) is 0. The molecule has 0 aromatic heterocycles. The summed E-state index contributed by atoms with van der Waals surface area (Å²) in [4.78, 5) is 11.6. The van der Waals surface area contributed by atoms with Gasteiger partial charge in [-0.2, -0.15) is 0 Å². The molecule has 0 saturated heterocycles. The molecule has 0 spiro atoms. The second-order valence-electron chi connectivity index (χ2n) is 17.4. The van der Waals surface area contributed by atoms with Crippen LogP contribution in [0, 0.1) is 29.1 Å². The van der Waals surface area contributed by atoms with Crippen molar-refractivity contribution in [2.24, 2.45) is 39.1 Å². The van der Waals surface area contributed by atoms with Gasteiger partial charge in [0.2, 0.25) is 0 Å². The van der Waals surface area contributed by atoms with Gasteiger partial charge in [-0.3, -0.25) is 0 Å². The van der Waals surface area contributed by atoms with Crippen LogP contribution in [0.1, 0.15) is 165 Å². The third kappa shape index (κ3) is 5.99. The van der Waals surface area contributed by atoms with Gasteiger partial charge < -0.3 is 9.47 Å². The summed E-state index contributed by atoms with van der Waals surface area (Å²) in [6.45, 7) is 4.65. The topological polar surface area (TPSA) is 43.2 Å². The first-order chi connectivity index (χ1) is 24.0. The minimum atomic E-state index is -0.559. The number of nitrogens with zero attached hydrogens (tertiary/aromatic N) is 2. The molecule has 0 unspecified atom stereocenters. The molecule has 49 heavy (non-hydrogen) atoms. The van der Waals surface area contributed by atoms with Gasteiger partial charge in [0, 0.05) is 23.7 Å². The van der Waals surface area contributed by atoms with Gasteiger partial charge in [-0.25, -0.2) is 9.98 Å². The quantitative estimate of drug-likeness (QED) is 0.282. The zero-order valence-corrected chi connectivity index (χ0v) is 30.6. The van der Waals surface area contributed by atoms with Crippen molar-refractivity contribution in [3.8, 4) is 0 Å². The Morgan fingerprint density at radius 3 is 1.02 bits per heavy atom. The monoisotopic (exact) mass is 662 g/mol. The molecule has 4 saturated carbocycles. The molecule has 0 radical (unpaired) electrons. The lowest BCUT2D eigenvalue weighted by Gasteiger charge is -2.50. The molecule has 2 aromatic carbocycles. The van der Waals surface area contributed by atoms with Gasteiger partial charge in [0.15, 0.2) is 11.8 Å². The average molecular weight is 663 g/mol. The Kier molecular flexibility index (Phi) is 9.70. The second kappa shape index (κ2) is 14.2. The molecule has 2 aromatic rings. The van der Waals surface area contributed by atoms with Crippen LogP contribution < -0.4 is 0 Å². The summed E-state index contributed by atoms with van der Waals surface area (Å²) in [6.07, 6.45) is 25.9. The number of benzene rings is 2. The fourth-order valence-corrected chi connectivity index (χ4v) is 11.7. The van der Waals surface area contributed by atoms with Gasteiger partial charge in [-0.15, -0.1) is 0 Å². The van der Waals surface area contributed by atoms with E-state index in [2.05, 4.69) is 74.5 Å². The van der Waals surface area contributed by atoms with Crippen LogP contribution in [-0.2, 0) is 9.47 Å². The third-order valence-corrected chi connectivity index (χ3v) is 14.2. The van der Waals surface area contributed by atoms with Crippen molar-refractivity contribution in [3.63, 3.8) is 0 Å². The molecule has 4 nitrogen and oxygen atoms in total. The maximum Gasteiger partial charge on any atom is 0.200 e. The van der Waals surface area contributed by atoms with Gasteiger partial charge >= 0.3 is 0 Å². The van der Waals surface area contributed by atoms with Crippen LogP contribution in [0.4, 0.5) is 0 Å². The number of hydrogen-bond acceptors (Lipinski definition) is 4. The van der Waals surface area contributed by atoms with Crippen LogP contribution >= 0.6 is 0 Å². The highest BCUT2D eigenvalue weighted by Crippen LogP contribution is 2.60. The van der Waals surface area contributed by atoms with E-state index in [1.54, 1.807) is 0 Å². The maximum atomic E-state index is 7.76. The van der Waals surface area contributed by atoms with Crippen molar-refractivity contribution in [2.75, 3.05) is 0 Å². The highest BCUT2D eigenvalue weighted by Gasteiger charge is 2.63. The van der Waals surface area contributed by atoms with Crippen molar-refractivity contribution in [2.45, 2.75) is 166 Å². The van der Waals surface area contributed by atoms with Gasteiger partial charge in [0.25, 0.3) is 0 Å². The molecule has 2 atom stereocenters. The van der Waals surface area contributed by atoms with E-state index in [0.717, 1.165) is 11.8 Å². The fourth-order valence-electron chi connectivity index (χ4n) is 11.7. The van der Waals surface area contributed by atoms with E-state index in [-0.39, 0.29) is 23.3 Å². The minimum Gasteiger partial charge on any atom is -0.470 e. The molecule has 264 valence electrons. The highest BCUT2D eigenvalue weighted by atomic mass is 16.5. The Hall–Kier alpha value is -2.62. The van der Waals surface area contributed by atoms with Crippen LogP contribution in [0.15, 0.2) is 70.6 Å². The van der Waals surface area contributed by atoms with Crippen LogP contribution in [-0.4, -0.2) is 23.0 Å². The van der Waals surface area contributed by atoms with Crippen molar-refractivity contribution in [3.05, 3.63) is 71.8 Å². The van der Waals surface area contributed by atoms with Crippen molar-refractivity contribution in [1.82, 2.24) is 0 Å². The van der Waals surface area contributed by atoms with Crippen LogP contribution in [0.2, 0.25) is 0 Å². The van der Waals surface area contributed by atoms with E-state index in [0.29, 0.717) is 23.7 Å². The van der Waals surface area contributed by atoms with E-state index >= 15 is 0 Å². The van der Waals surface area contributed by atoms with Crippen LogP contribution in [0.25, 0.3) is 0 Å². The molecule has 0 N–H and O–H groups in total. The molecule has 4 fully saturated rings. The van der Waals surface area contributed by atoms with Crippen molar-refractivity contribution >= 4 is 11.8 Å². The molecular formula is C45H62N2O2. The summed E-state index contributed by atoms with van der Waals surface area (Å²) in [5, 5.41) is 0. The Morgan fingerprint density at radius 1 is 0.449 bits per heavy atom. The van der Waals surface area contributed by atoms with E-state index in [1.807, 2.05) is 0 Å². The molecule has 4 heteroatoms. The molecular weight excluding hydrogens is 601 g/mol.